The molecule has 0 amide bonds. The van der Waals surface area contributed by atoms with Gasteiger partial charge in [0.2, 0.25) is 0 Å². The first-order valence-corrected chi connectivity index (χ1v) is 7.35. The molecule has 0 saturated carbocycles. The van der Waals surface area contributed by atoms with Gasteiger partial charge in [0.15, 0.2) is 0 Å². The Hall–Kier alpha value is -0.580. The molecule has 1 nitrogen and oxygen atoms in total. The van der Waals surface area contributed by atoms with Crippen molar-refractivity contribution in [3.8, 4) is 0 Å². The smallest absolute Gasteiger partial charge is 0.150 e. The third kappa shape index (κ3) is 2.97. The van der Waals surface area contributed by atoms with Crippen molar-refractivity contribution in [1.29, 1.82) is 0 Å². The van der Waals surface area contributed by atoms with E-state index in [1.165, 1.54) is 14.2 Å². The van der Waals surface area contributed by atoms with E-state index in [1.807, 2.05) is 24.3 Å². The van der Waals surface area contributed by atoms with Gasteiger partial charge in [0, 0.05) is 25.6 Å². The molecule has 0 atom stereocenters. The molecular weight excluding hydrogens is 304 g/mol. The first kappa shape index (κ1) is 11.9. The fraction of sp³-hybridized carbons (Fsp3) is 0.0833. The monoisotopic (exact) mass is 312 g/mol. The van der Waals surface area contributed by atoms with Crippen LogP contribution in [0.3, 0.4) is 0 Å². The van der Waals surface area contributed by atoms with Crippen molar-refractivity contribution in [2.24, 2.45) is 0 Å². The molecule has 2 rings (SSSR count). The lowest BCUT2D eigenvalue weighted by Gasteiger charge is -2.00. The van der Waals surface area contributed by atoms with Gasteiger partial charge in [-0.05, 0) is 39.5 Å². The average Bonchev–Trinajstić information content (AvgIpc) is 2.73. The molecule has 1 heterocycles. The number of benzene rings is 1. The summed E-state index contributed by atoms with van der Waals surface area (Å²) in [6.07, 6.45) is 0.865. The standard InChI is InChI=1S/C12H9BrOS2/c13-11-5-6-15-12(11)8-16-10-3-1-9(7-14)2-4-10/h1-7H,8H2. The van der Waals surface area contributed by atoms with Crippen molar-refractivity contribution in [3.05, 3.63) is 50.6 Å². The molecule has 0 bridgehead atoms. The van der Waals surface area contributed by atoms with Gasteiger partial charge < -0.3 is 0 Å². The quantitative estimate of drug-likeness (QED) is 0.605. The molecule has 0 spiro atoms. The maximum Gasteiger partial charge on any atom is 0.150 e. The van der Waals surface area contributed by atoms with Crippen LogP contribution in [0.2, 0.25) is 0 Å². The van der Waals surface area contributed by atoms with Crippen molar-refractivity contribution in [3.63, 3.8) is 0 Å². The number of aldehydes is 1. The average molecular weight is 313 g/mol. The number of carbonyl (C=O) groups excluding carboxylic acids is 1. The zero-order valence-electron chi connectivity index (χ0n) is 8.35. The Balaban J connectivity index is 1.99. The molecule has 1 aromatic carbocycles. The molecule has 0 aliphatic rings. The van der Waals surface area contributed by atoms with E-state index < -0.39 is 0 Å². The number of rotatable bonds is 4. The van der Waals surface area contributed by atoms with E-state index in [0.29, 0.717) is 0 Å². The van der Waals surface area contributed by atoms with Crippen LogP contribution in [0.4, 0.5) is 0 Å². The van der Waals surface area contributed by atoms with Crippen LogP contribution in [0.25, 0.3) is 0 Å². The third-order valence-corrected chi connectivity index (χ3v) is 5.22. The predicted molar refractivity (Wildman–Crippen MR) is 73.4 cm³/mol. The van der Waals surface area contributed by atoms with Crippen molar-refractivity contribution in [2.75, 3.05) is 0 Å². The summed E-state index contributed by atoms with van der Waals surface area (Å²) in [7, 11) is 0. The number of thiophene rings is 1. The second kappa shape index (κ2) is 5.66. The molecule has 82 valence electrons. The van der Waals surface area contributed by atoms with Crippen molar-refractivity contribution in [2.45, 2.75) is 10.6 Å². The topological polar surface area (TPSA) is 17.1 Å². The molecule has 0 fully saturated rings. The Labute approximate surface area is 111 Å². The number of carbonyl (C=O) groups is 1. The summed E-state index contributed by atoms with van der Waals surface area (Å²) < 4.78 is 1.18. The van der Waals surface area contributed by atoms with Gasteiger partial charge in [0.25, 0.3) is 0 Å². The number of halogens is 1. The number of hydrogen-bond acceptors (Lipinski definition) is 3. The number of hydrogen-bond donors (Lipinski definition) is 0. The lowest BCUT2D eigenvalue weighted by atomic mass is 10.2. The zero-order chi connectivity index (χ0) is 11.4. The molecule has 1 aromatic heterocycles. The van der Waals surface area contributed by atoms with E-state index in [0.717, 1.165) is 17.6 Å². The lowest BCUT2D eigenvalue weighted by Crippen LogP contribution is -1.80. The van der Waals surface area contributed by atoms with Gasteiger partial charge in [-0.1, -0.05) is 12.1 Å². The second-order valence-corrected chi connectivity index (χ2v) is 6.07. The predicted octanol–water partition coefficient (Wildman–Crippen LogP) is 4.62. The van der Waals surface area contributed by atoms with Crippen LogP contribution < -0.4 is 0 Å². The van der Waals surface area contributed by atoms with Gasteiger partial charge in [-0.25, -0.2) is 0 Å². The zero-order valence-corrected chi connectivity index (χ0v) is 11.6. The third-order valence-electron chi connectivity index (χ3n) is 2.08. The van der Waals surface area contributed by atoms with Crippen LogP contribution in [0.15, 0.2) is 45.1 Å². The highest BCUT2D eigenvalue weighted by Crippen LogP contribution is 2.30. The molecule has 0 aliphatic heterocycles. The minimum absolute atomic E-state index is 0.724. The Morgan fingerprint density at radius 2 is 2.00 bits per heavy atom. The van der Waals surface area contributed by atoms with Crippen LogP contribution in [0, 0.1) is 0 Å². The minimum Gasteiger partial charge on any atom is -0.298 e. The molecular formula is C12H9BrOS2. The summed E-state index contributed by atoms with van der Waals surface area (Å²) >= 11 is 7.04. The first-order chi connectivity index (χ1) is 7.79. The summed E-state index contributed by atoms with van der Waals surface area (Å²) in [5.41, 5.74) is 0.724. The van der Waals surface area contributed by atoms with E-state index in [2.05, 4.69) is 27.4 Å². The molecule has 0 saturated heterocycles. The van der Waals surface area contributed by atoms with Crippen molar-refractivity contribution in [1.82, 2.24) is 0 Å². The Morgan fingerprint density at radius 3 is 2.56 bits per heavy atom. The Kier molecular flexibility index (Phi) is 4.21. The van der Waals surface area contributed by atoms with Gasteiger partial charge in [-0.2, -0.15) is 0 Å². The normalized spacial score (nSPS) is 10.3. The maximum absolute atomic E-state index is 10.5. The summed E-state index contributed by atoms with van der Waals surface area (Å²) in [6, 6.07) is 9.72. The lowest BCUT2D eigenvalue weighted by molar-refractivity contribution is 0.112. The van der Waals surface area contributed by atoms with E-state index in [1.54, 1.807) is 23.1 Å². The highest BCUT2D eigenvalue weighted by Gasteiger charge is 2.02. The Bertz CT molecular complexity index is 476. The van der Waals surface area contributed by atoms with Gasteiger partial charge in [-0.15, -0.1) is 23.1 Å². The molecule has 0 unspecified atom stereocenters. The molecule has 0 N–H and O–H groups in total. The summed E-state index contributed by atoms with van der Waals surface area (Å²) in [4.78, 5) is 13.0. The molecule has 0 aliphatic carbocycles. The van der Waals surface area contributed by atoms with Crippen LogP contribution >= 0.6 is 39.0 Å². The van der Waals surface area contributed by atoms with Crippen molar-refractivity contribution >= 4 is 45.3 Å². The molecule has 0 radical (unpaired) electrons. The maximum atomic E-state index is 10.5. The highest BCUT2D eigenvalue weighted by atomic mass is 79.9. The van der Waals surface area contributed by atoms with Gasteiger partial charge in [0.1, 0.15) is 6.29 Å². The molecule has 4 heteroatoms. The van der Waals surface area contributed by atoms with Gasteiger partial charge in [0.05, 0.1) is 0 Å². The van der Waals surface area contributed by atoms with E-state index in [9.17, 15) is 4.79 Å². The van der Waals surface area contributed by atoms with Crippen molar-refractivity contribution < 1.29 is 4.79 Å². The number of thioether (sulfide) groups is 1. The summed E-state index contributed by atoms with van der Waals surface area (Å²) in [6.45, 7) is 0. The van der Waals surface area contributed by atoms with E-state index >= 15 is 0 Å². The molecule has 16 heavy (non-hydrogen) atoms. The largest absolute Gasteiger partial charge is 0.298 e. The fourth-order valence-electron chi connectivity index (χ4n) is 1.22. The fourth-order valence-corrected chi connectivity index (χ4v) is 3.91. The second-order valence-electron chi connectivity index (χ2n) is 3.17. The van der Waals surface area contributed by atoms with Gasteiger partial charge >= 0.3 is 0 Å². The molecule has 2 aromatic rings. The van der Waals surface area contributed by atoms with Crippen LogP contribution in [0.1, 0.15) is 15.2 Å². The van der Waals surface area contributed by atoms with E-state index in [-0.39, 0.29) is 0 Å². The Morgan fingerprint density at radius 1 is 1.25 bits per heavy atom. The minimum atomic E-state index is 0.724. The first-order valence-electron chi connectivity index (χ1n) is 4.69. The highest BCUT2D eigenvalue weighted by molar-refractivity contribution is 9.10. The van der Waals surface area contributed by atoms with Gasteiger partial charge in [-0.3, -0.25) is 4.79 Å². The van der Waals surface area contributed by atoms with E-state index in [4.69, 9.17) is 0 Å². The van der Waals surface area contributed by atoms with Crippen LogP contribution in [0.5, 0.6) is 0 Å². The van der Waals surface area contributed by atoms with Crippen LogP contribution in [-0.4, -0.2) is 6.29 Å². The van der Waals surface area contributed by atoms with Crippen LogP contribution in [-0.2, 0) is 5.75 Å². The SMILES string of the molecule is O=Cc1ccc(SCc2sccc2Br)cc1. The summed E-state index contributed by atoms with van der Waals surface area (Å²) in [5.74, 6) is 0.957. The summed E-state index contributed by atoms with van der Waals surface area (Å²) in [5, 5.41) is 2.08.